The molecule has 0 spiro atoms. The van der Waals surface area contributed by atoms with E-state index >= 15 is 0 Å². The summed E-state index contributed by atoms with van der Waals surface area (Å²) in [6.45, 7) is 8.53. The van der Waals surface area contributed by atoms with Gasteiger partial charge < -0.3 is 19.5 Å². The Morgan fingerprint density at radius 3 is 2.36 bits per heavy atom. The van der Waals surface area contributed by atoms with Gasteiger partial charge in [-0.1, -0.05) is 32.9 Å². The number of dihydropyridines is 1. The van der Waals surface area contributed by atoms with Crippen molar-refractivity contribution < 1.29 is 28.6 Å². The first kappa shape index (κ1) is 24.6. The summed E-state index contributed by atoms with van der Waals surface area (Å²) in [7, 11) is 1.29. The minimum Gasteiger partial charge on any atom is -0.494 e. The molecule has 7 heteroatoms. The average Bonchev–Trinajstić information content (AvgIpc) is 2.80. The number of hydrogen-bond donors (Lipinski definition) is 1. The van der Waals surface area contributed by atoms with Crippen LogP contribution in [0.3, 0.4) is 0 Å². The molecule has 1 aromatic carbocycles. The molecule has 178 valence electrons. The second-order valence-electron chi connectivity index (χ2n) is 8.59. The minimum absolute atomic E-state index is 0.219. The van der Waals surface area contributed by atoms with Crippen LogP contribution in [0.1, 0.15) is 58.4 Å². The molecule has 1 aliphatic heterocycles. The molecular weight excluding hydrogens is 422 g/mol. The van der Waals surface area contributed by atoms with E-state index in [4.69, 9.17) is 14.2 Å². The van der Waals surface area contributed by atoms with Crippen LogP contribution in [-0.2, 0) is 23.9 Å². The monoisotopic (exact) mass is 455 g/mol. The van der Waals surface area contributed by atoms with E-state index in [1.54, 1.807) is 0 Å². The van der Waals surface area contributed by atoms with Crippen molar-refractivity contribution in [2.24, 2.45) is 11.8 Å². The van der Waals surface area contributed by atoms with Crippen molar-refractivity contribution in [3.63, 3.8) is 0 Å². The maximum atomic E-state index is 13.7. The third kappa shape index (κ3) is 4.97. The van der Waals surface area contributed by atoms with Gasteiger partial charge in [-0.3, -0.25) is 9.59 Å². The van der Waals surface area contributed by atoms with E-state index < -0.39 is 23.8 Å². The number of Topliss-reactive ketones (excluding diaryl/α,β-unsaturated/α-hetero) is 1. The lowest BCUT2D eigenvalue weighted by molar-refractivity contribution is -0.151. The van der Waals surface area contributed by atoms with Gasteiger partial charge in [0.2, 0.25) is 0 Å². The first-order chi connectivity index (χ1) is 15.8. The van der Waals surface area contributed by atoms with E-state index in [2.05, 4.69) is 5.32 Å². The van der Waals surface area contributed by atoms with Gasteiger partial charge in [0.1, 0.15) is 11.7 Å². The van der Waals surface area contributed by atoms with Crippen LogP contribution in [0.2, 0.25) is 0 Å². The number of allylic oxidation sites excluding steroid dienone is 3. The Morgan fingerprint density at radius 2 is 1.76 bits per heavy atom. The summed E-state index contributed by atoms with van der Waals surface area (Å²) in [5.74, 6) is -2.38. The molecule has 1 aromatic rings. The normalized spacial score (nSPS) is 22.5. The Kier molecular flexibility index (Phi) is 7.95. The molecule has 3 rings (SSSR count). The molecule has 1 N–H and O–H groups in total. The highest BCUT2D eigenvalue weighted by atomic mass is 16.5. The molecule has 33 heavy (non-hydrogen) atoms. The van der Waals surface area contributed by atoms with E-state index in [0.29, 0.717) is 36.3 Å². The number of methoxy groups -OCH3 is 1. The molecule has 1 aliphatic carbocycles. The Morgan fingerprint density at radius 1 is 1.09 bits per heavy atom. The number of carbonyl (C=O) groups excluding carboxylic acids is 3. The van der Waals surface area contributed by atoms with Crippen molar-refractivity contribution in [2.75, 3.05) is 20.3 Å². The number of hydrogen-bond acceptors (Lipinski definition) is 7. The van der Waals surface area contributed by atoms with Crippen LogP contribution in [0.25, 0.3) is 0 Å². The molecule has 0 bridgehead atoms. The Balaban J connectivity index is 2.10. The van der Waals surface area contributed by atoms with Crippen LogP contribution in [0.4, 0.5) is 0 Å². The van der Waals surface area contributed by atoms with Gasteiger partial charge in [-0.05, 0) is 49.8 Å². The van der Waals surface area contributed by atoms with Crippen molar-refractivity contribution in [3.8, 4) is 5.75 Å². The molecule has 2 aliphatic rings. The first-order valence-corrected chi connectivity index (χ1v) is 11.6. The SMILES string of the molecule is CCCOC(=O)C1=C(C)NC2=C(C(=O)C(C(=O)OC)C(C)C2)C1c1ccc(OCCC)cc1. The van der Waals surface area contributed by atoms with Crippen LogP contribution >= 0.6 is 0 Å². The van der Waals surface area contributed by atoms with Crippen LogP contribution in [0, 0.1) is 11.8 Å². The number of carbonyl (C=O) groups is 3. The molecule has 0 radical (unpaired) electrons. The van der Waals surface area contributed by atoms with Crippen molar-refractivity contribution >= 4 is 17.7 Å². The Hall–Kier alpha value is -3.09. The van der Waals surface area contributed by atoms with Gasteiger partial charge in [-0.25, -0.2) is 4.79 Å². The summed E-state index contributed by atoms with van der Waals surface area (Å²) < 4.78 is 16.1. The summed E-state index contributed by atoms with van der Waals surface area (Å²) in [5, 5.41) is 3.26. The molecule has 3 atom stereocenters. The largest absolute Gasteiger partial charge is 0.494 e. The maximum Gasteiger partial charge on any atom is 0.336 e. The molecule has 0 fully saturated rings. The highest BCUT2D eigenvalue weighted by molar-refractivity contribution is 6.12. The van der Waals surface area contributed by atoms with Gasteiger partial charge in [-0.15, -0.1) is 0 Å². The fraction of sp³-hybridized carbons (Fsp3) is 0.500. The predicted octanol–water partition coefficient (Wildman–Crippen LogP) is 4.04. The van der Waals surface area contributed by atoms with E-state index in [9.17, 15) is 14.4 Å². The standard InChI is InChI=1S/C26H33NO6/c1-6-12-32-18-10-8-17(9-11-18)22-21(26(30)33-13-7-2)16(4)27-19-14-15(3)20(25(29)31-5)24(28)23(19)22/h8-11,15,20,22,27H,6-7,12-14H2,1-5H3. The topological polar surface area (TPSA) is 90.9 Å². The van der Waals surface area contributed by atoms with Crippen LogP contribution in [0.5, 0.6) is 5.75 Å². The minimum atomic E-state index is -0.906. The van der Waals surface area contributed by atoms with E-state index in [0.717, 1.165) is 23.4 Å². The second-order valence-corrected chi connectivity index (χ2v) is 8.59. The van der Waals surface area contributed by atoms with Gasteiger partial charge in [0.25, 0.3) is 0 Å². The molecule has 0 aromatic heterocycles. The number of esters is 2. The van der Waals surface area contributed by atoms with Crippen LogP contribution in [0.15, 0.2) is 46.8 Å². The number of ketones is 1. The Labute approximate surface area is 195 Å². The lowest BCUT2D eigenvalue weighted by atomic mass is 9.69. The zero-order valence-corrected chi connectivity index (χ0v) is 20.0. The van der Waals surface area contributed by atoms with Crippen molar-refractivity contribution in [1.29, 1.82) is 0 Å². The first-order valence-electron chi connectivity index (χ1n) is 11.6. The lowest BCUT2D eigenvalue weighted by Crippen LogP contribution is -2.43. The summed E-state index contributed by atoms with van der Waals surface area (Å²) >= 11 is 0. The third-order valence-electron chi connectivity index (χ3n) is 6.09. The quantitative estimate of drug-likeness (QED) is 0.467. The molecule has 3 unspecified atom stereocenters. The molecule has 7 nitrogen and oxygen atoms in total. The predicted molar refractivity (Wildman–Crippen MR) is 123 cm³/mol. The molecule has 0 saturated carbocycles. The fourth-order valence-corrected chi connectivity index (χ4v) is 4.53. The third-order valence-corrected chi connectivity index (χ3v) is 6.09. The maximum absolute atomic E-state index is 13.7. The molecule has 0 saturated heterocycles. The van der Waals surface area contributed by atoms with Gasteiger partial charge in [0.05, 0.1) is 25.9 Å². The highest BCUT2D eigenvalue weighted by Gasteiger charge is 2.47. The highest BCUT2D eigenvalue weighted by Crippen LogP contribution is 2.45. The van der Waals surface area contributed by atoms with Gasteiger partial charge >= 0.3 is 11.9 Å². The van der Waals surface area contributed by atoms with Crippen molar-refractivity contribution in [1.82, 2.24) is 5.32 Å². The molecule has 0 amide bonds. The summed E-state index contributed by atoms with van der Waals surface area (Å²) in [6, 6.07) is 7.41. The summed E-state index contributed by atoms with van der Waals surface area (Å²) in [4.78, 5) is 39.2. The number of rotatable bonds is 8. The van der Waals surface area contributed by atoms with Crippen molar-refractivity contribution in [3.05, 3.63) is 52.4 Å². The fourth-order valence-electron chi connectivity index (χ4n) is 4.53. The average molecular weight is 456 g/mol. The summed E-state index contributed by atoms with van der Waals surface area (Å²) in [6.07, 6.45) is 2.08. The van der Waals surface area contributed by atoms with E-state index in [1.165, 1.54) is 7.11 Å². The number of nitrogens with one attached hydrogen (secondary N) is 1. The van der Waals surface area contributed by atoms with E-state index in [-0.39, 0.29) is 18.3 Å². The van der Waals surface area contributed by atoms with Gasteiger partial charge in [0, 0.05) is 22.9 Å². The number of benzene rings is 1. The summed E-state index contributed by atoms with van der Waals surface area (Å²) in [5.41, 5.74) is 2.98. The van der Waals surface area contributed by atoms with E-state index in [1.807, 2.05) is 52.0 Å². The smallest absolute Gasteiger partial charge is 0.336 e. The van der Waals surface area contributed by atoms with Gasteiger partial charge in [-0.2, -0.15) is 0 Å². The van der Waals surface area contributed by atoms with Gasteiger partial charge in [0.15, 0.2) is 5.78 Å². The lowest BCUT2D eigenvalue weighted by Gasteiger charge is -2.38. The van der Waals surface area contributed by atoms with Crippen LogP contribution < -0.4 is 10.1 Å². The molecular formula is C26H33NO6. The Bertz CT molecular complexity index is 975. The number of ether oxygens (including phenoxy) is 3. The zero-order valence-electron chi connectivity index (χ0n) is 20.0. The second kappa shape index (κ2) is 10.7. The zero-order chi connectivity index (χ0) is 24.1. The molecule has 1 heterocycles. The van der Waals surface area contributed by atoms with Crippen LogP contribution in [-0.4, -0.2) is 38.0 Å². The van der Waals surface area contributed by atoms with Crippen molar-refractivity contribution in [2.45, 2.75) is 52.9 Å².